The molecule has 0 fully saturated rings. The normalized spacial score (nSPS) is 12.8. The van der Waals surface area contributed by atoms with Gasteiger partial charge in [0.05, 0.1) is 5.38 Å². The van der Waals surface area contributed by atoms with Crippen molar-refractivity contribution < 1.29 is 4.39 Å². The van der Waals surface area contributed by atoms with Gasteiger partial charge in [-0.25, -0.2) is 4.39 Å². The van der Waals surface area contributed by atoms with Crippen molar-refractivity contribution in [1.29, 1.82) is 0 Å². The first kappa shape index (κ1) is 12.1. The highest BCUT2D eigenvalue weighted by Gasteiger charge is 2.17. The van der Waals surface area contributed by atoms with Crippen molar-refractivity contribution >= 4 is 38.9 Å². The molecule has 0 aliphatic heterocycles. The molecule has 1 aromatic carbocycles. The van der Waals surface area contributed by atoms with Crippen molar-refractivity contribution in [2.75, 3.05) is 0 Å². The average molecular weight is 320 g/mol. The summed E-state index contributed by atoms with van der Waals surface area (Å²) in [4.78, 5) is 2.10. The second-order valence-corrected chi connectivity index (χ2v) is 6.02. The molecule has 0 saturated heterocycles. The number of hydrogen-bond donors (Lipinski definition) is 0. The first-order chi connectivity index (χ1) is 7.59. The fraction of sp³-hybridized carbons (Fsp3) is 0.167. The van der Waals surface area contributed by atoms with Crippen molar-refractivity contribution in [2.24, 2.45) is 0 Å². The van der Waals surface area contributed by atoms with Crippen molar-refractivity contribution in [3.05, 3.63) is 55.9 Å². The molecule has 16 heavy (non-hydrogen) atoms. The van der Waals surface area contributed by atoms with Crippen molar-refractivity contribution in [3.63, 3.8) is 0 Å². The van der Waals surface area contributed by atoms with Crippen LogP contribution < -0.4 is 0 Å². The maximum Gasteiger partial charge on any atom is 0.128 e. The van der Waals surface area contributed by atoms with Crippen LogP contribution in [0.2, 0.25) is 0 Å². The van der Waals surface area contributed by atoms with Crippen LogP contribution in [0.15, 0.2) is 34.8 Å². The SMILES string of the molecule is Cc1sc(C(Cl)c2ccccc2F)cc1Br. The maximum absolute atomic E-state index is 13.5. The van der Waals surface area contributed by atoms with Gasteiger partial charge in [0.25, 0.3) is 0 Å². The number of hydrogen-bond acceptors (Lipinski definition) is 1. The topological polar surface area (TPSA) is 0 Å². The van der Waals surface area contributed by atoms with E-state index in [1.165, 1.54) is 6.07 Å². The largest absolute Gasteiger partial charge is 0.207 e. The Bertz CT molecular complexity index is 490. The first-order valence-electron chi connectivity index (χ1n) is 4.74. The van der Waals surface area contributed by atoms with Crippen molar-refractivity contribution in [2.45, 2.75) is 12.3 Å². The van der Waals surface area contributed by atoms with E-state index in [2.05, 4.69) is 15.9 Å². The highest BCUT2D eigenvalue weighted by atomic mass is 79.9. The quantitative estimate of drug-likeness (QED) is 0.660. The van der Waals surface area contributed by atoms with Gasteiger partial charge < -0.3 is 0 Å². The molecule has 1 atom stereocenters. The molecule has 2 aromatic rings. The Hall–Kier alpha value is -0.380. The Labute approximate surface area is 111 Å². The standard InChI is InChI=1S/C12H9BrClFS/c1-7-9(13)6-11(16-7)12(14)8-4-2-3-5-10(8)15/h2-6,12H,1H3. The highest BCUT2D eigenvalue weighted by molar-refractivity contribution is 9.10. The van der Waals surface area contributed by atoms with Gasteiger partial charge >= 0.3 is 0 Å². The molecular formula is C12H9BrClFS. The lowest BCUT2D eigenvalue weighted by Crippen LogP contribution is -1.93. The molecule has 0 N–H and O–H groups in total. The van der Waals surface area contributed by atoms with E-state index in [-0.39, 0.29) is 5.82 Å². The molecule has 0 nitrogen and oxygen atoms in total. The zero-order valence-electron chi connectivity index (χ0n) is 8.51. The van der Waals surface area contributed by atoms with Gasteiger partial charge in [0, 0.05) is 19.8 Å². The van der Waals surface area contributed by atoms with E-state index >= 15 is 0 Å². The van der Waals surface area contributed by atoms with Gasteiger partial charge in [-0.15, -0.1) is 22.9 Å². The third-order valence-corrected chi connectivity index (χ3v) is 5.11. The number of aryl methyl sites for hydroxylation is 1. The lowest BCUT2D eigenvalue weighted by Gasteiger charge is -2.08. The summed E-state index contributed by atoms with van der Waals surface area (Å²) in [7, 11) is 0. The molecule has 0 radical (unpaired) electrons. The van der Waals surface area contributed by atoms with Crippen LogP contribution in [0.25, 0.3) is 0 Å². The molecule has 0 spiro atoms. The Morgan fingerprint density at radius 3 is 2.62 bits per heavy atom. The molecule has 0 saturated carbocycles. The maximum atomic E-state index is 13.5. The lowest BCUT2D eigenvalue weighted by atomic mass is 10.1. The molecule has 2 rings (SSSR count). The summed E-state index contributed by atoms with van der Waals surface area (Å²) in [5.41, 5.74) is 0.526. The first-order valence-corrected chi connectivity index (χ1v) is 6.78. The summed E-state index contributed by atoms with van der Waals surface area (Å²) in [6, 6.07) is 8.56. The zero-order valence-corrected chi connectivity index (χ0v) is 11.7. The van der Waals surface area contributed by atoms with Gasteiger partial charge in [-0.3, -0.25) is 0 Å². The molecule has 1 aromatic heterocycles. The van der Waals surface area contributed by atoms with Gasteiger partial charge in [-0.05, 0) is 35.0 Å². The lowest BCUT2D eigenvalue weighted by molar-refractivity contribution is 0.613. The van der Waals surface area contributed by atoms with Crippen LogP contribution in [0.4, 0.5) is 4.39 Å². The number of alkyl halides is 1. The number of rotatable bonds is 2. The van der Waals surface area contributed by atoms with Crippen LogP contribution >= 0.6 is 38.9 Å². The van der Waals surface area contributed by atoms with E-state index in [1.54, 1.807) is 29.5 Å². The second kappa shape index (κ2) is 4.86. The summed E-state index contributed by atoms with van der Waals surface area (Å²) in [6.07, 6.45) is 0. The molecule has 0 bridgehead atoms. The minimum atomic E-state index is -0.420. The van der Waals surface area contributed by atoms with E-state index in [0.29, 0.717) is 5.56 Å². The third-order valence-electron chi connectivity index (χ3n) is 2.30. The van der Waals surface area contributed by atoms with Gasteiger partial charge in [0.1, 0.15) is 5.82 Å². The van der Waals surface area contributed by atoms with Crippen molar-refractivity contribution in [3.8, 4) is 0 Å². The van der Waals surface area contributed by atoms with E-state index in [9.17, 15) is 4.39 Å². The molecular weight excluding hydrogens is 311 g/mol. The van der Waals surface area contributed by atoms with Gasteiger partial charge in [0.2, 0.25) is 0 Å². The second-order valence-electron chi connectivity index (χ2n) is 3.44. The fourth-order valence-corrected chi connectivity index (χ4v) is 3.37. The molecule has 0 aliphatic rings. The van der Waals surface area contributed by atoms with Crippen LogP contribution in [-0.2, 0) is 0 Å². The predicted molar refractivity (Wildman–Crippen MR) is 70.9 cm³/mol. The van der Waals surface area contributed by atoms with Gasteiger partial charge in [0.15, 0.2) is 0 Å². The van der Waals surface area contributed by atoms with Gasteiger partial charge in [-0.2, -0.15) is 0 Å². The number of halogens is 3. The highest BCUT2D eigenvalue weighted by Crippen LogP contribution is 2.38. The summed E-state index contributed by atoms with van der Waals surface area (Å²) in [5.74, 6) is -0.260. The van der Waals surface area contributed by atoms with Crippen LogP contribution in [0.3, 0.4) is 0 Å². The van der Waals surface area contributed by atoms with Crippen LogP contribution in [0.1, 0.15) is 20.7 Å². The molecule has 0 aliphatic carbocycles. The summed E-state index contributed by atoms with van der Waals surface area (Å²) >= 11 is 11.3. The predicted octanol–water partition coefficient (Wildman–Crippen LogP) is 5.29. The zero-order chi connectivity index (χ0) is 11.7. The summed E-state index contributed by atoms with van der Waals surface area (Å²) < 4.78 is 14.6. The molecule has 1 heterocycles. The van der Waals surface area contributed by atoms with Crippen LogP contribution in [0.5, 0.6) is 0 Å². The number of thiophene rings is 1. The molecule has 84 valence electrons. The average Bonchev–Trinajstić information content (AvgIpc) is 2.59. The third kappa shape index (κ3) is 2.31. The van der Waals surface area contributed by atoms with Crippen LogP contribution in [-0.4, -0.2) is 0 Å². The van der Waals surface area contributed by atoms with Gasteiger partial charge in [-0.1, -0.05) is 18.2 Å². The van der Waals surface area contributed by atoms with Crippen LogP contribution in [0, 0.1) is 12.7 Å². The molecule has 0 amide bonds. The Morgan fingerprint density at radius 2 is 2.06 bits per heavy atom. The Kier molecular flexibility index (Phi) is 3.67. The monoisotopic (exact) mass is 318 g/mol. The summed E-state index contributed by atoms with van der Waals surface area (Å²) in [6.45, 7) is 2.00. The van der Waals surface area contributed by atoms with Crippen molar-refractivity contribution in [1.82, 2.24) is 0 Å². The Balaban J connectivity index is 2.39. The summed E-state index contributed by atoms with van der Waals surface area (Å²) in [5, 5.41) is -0.420. The molecule has 1 unspecified atom stereocenters. The van der Waals surface area contributed by atoms with E-state index in [4.69, 9.17) is 11.6 Å². The minimum absolute atomic E-state index is 0.260. The Morgan fingerprint density at radius 1 is 1.38 bits per heavy atom. The van der Waals surface area contributed by atoms with E-state index in [1.807, 2.05) is 13.0 Å². The van der Waals surface area contributed by atoms with E-state index in [0.717, 1.165) is 14.2 Å². The number of benzene rings is 1. The minimum Gasteiger partial charge on any atom is -0.207 e. The fourth-order valence-electron chi connectivity index (χ4n) is 1.44. The smallest absolute Gasteiger partial charge is 0.128 e. The molecule has 4 heteroatoms. The van der Waals surface area contributed by atoms with E-state index < -0.39 is 5.38 Å².